The second kappa shape index (κ2) is 45.7. The molecule has 0 saturated heterocycles. The van der Waals surface area contributed by atoms with Crippen molar-refractivity contribution in [2.24, 2.45) is 0 Å². The van der Waals surface area contributed by atoms with Gasteiger partial charge in [0.25, 0.3) is 0 Å². The zero-order chi connectivity index (χ0) is 43.2. The van der Waals surface area contributed by atoms with E-state index in [2.05, 4.69) is 55.6 Å². The van der Waals surface area contributed by atoms with Gasteiger partial charge in [0.2, 0.25) is 5.91 Å². The number of phosphoric ester groups is 1. The van der Waals surface area contributed by atoms with E-state index in [0.29, 0.717) is 6.42 Å². The van der Waals surface area contributed by atoms with Gasteiger partial charge in [-0.1, -0.05) is 211 Å². The quantitative estimate of drug-likeness (QED) is 0.0239. The molecule has 0 bridgehead atoms. The Kier molecular flexibility index (Phi) is 44.4. The average molecular weight is 854 g/mol. The lowest BCUT2D eigenvalue weighted by molar-refractivity contribution is -0.147. The van der Waals surface area contributed by atoms with Gasteiger partial charge in [0.05, 0.1) is 13.2 Å². The van der Waals surface area contributed by atoms with E-state index in [0.717, 1.165) is 64.2 Å². The van der Waals surface area contributed by atoms with Gasteiger partial charge < -0.3 is 20.1 Å². The van der Waals surface area contributed by atoms with Crippen LogP contribution in [0.4, 0.5) is 0 Å². The van der Waals surface area contributed by atoms with Gasteiger partial charge in [-0.25, -0.2) is 4.57 Å². The lowest BCUT2D eigenvalue weighted by Gasteiger charge is -2.15. The van der Waals surface area contributed by atoms with E-state index in [1.165, 1.54) is 141 Å². The van der Waals surface area contributed by atoms with Crippen molar-refractivity contribution < 1.29 is 37.9 Å². The van der Waals surface area contributed by atoms with Gasteiger partial charge in [-0.3, -0.25) is 18.6 Å². The van der Waals surface area contributed by atoms with Crippen LogP contribution in [0.3, 0.4) is 0 Å². The SMILES string of the molecule is CC/C=C\C/C=C\C/C=C\CCCCCCCCCC(=O)NCCOP(=O)(O)OCC(O)COC(=O)CCCCCCCCCCCCCCCCCCCCCCC. The fraction of sp³-hybridized carbons (Fsp3) is 0.837. The molecule has 0 aliphatic rings. The highest BCUT2D eigenvalue weighted by Crippen LogP contribution is 2.42. The third-order valence-corrected chi connectivity index (χ3v) is 11.6. The van der Waals surface area contributed by atoms with E-state index in [1.54, 1.807) is 0 Å². The van der Waals surface area contributed by atoms with Crippen LogP contribution in [0.25, 0.3) is 0 Å². The molecular weight excluding hydrogens is 762 g/mol. The fourth-order valence-electron chi connectivity index (χ4n) is 6.93. The summed E-state index contributed by atoms with van der Waals surface area (Å²) < 4.78 is 27.0. The number of nitrogens with one attached hydrogen (secondary N) is 1. The van der Waals surface area contributed by atoms with E-state index in [-0.39, 0.29) is 32.1 Å². The minimum Gasteiger partial charge on any atom is -0.463 e. The first-order valence-corrected chi connectivity index (χ1v) is 26.0. The highest BCUT2D eigenvalue weighted by molar-refractivity contribution is 7.47. The molecule has 0 saturated carbocycles. The molecule has 0 aliphatic carbocycles. The van der Waals surface area contributed by atoms with Crippen molar-refractivity contribution in [2.45, 2.75) is 238 Å². The summed E-state index contributed by atoms with van der Waals surface area (Å²) in [5, 5.41) is 12.7. The van der Waals surface area contributed by atoms with E-state index < -0.39 is 26.5 Å². The zero-order valence-corrected chi connectivity index (χ0v) is 39.1. The average Bonchev–Trinajstić information content (AvgIpc) is 3.22. The molecule has 0 aliphatic heterocycles. The number of carbonyl (C=O) groups excluding carboxylic acids is 2. The molecule has 0 spiro atoms. The van der Waals surface area contributed by atoms with Crippen molar-refractivity contribution in [3.8, 4) is 0 Å². The summed E-state index contributed by atoms with van der Waals surface area (Å²) in [5.41, 5.74) is 0. The molecule has 10 heteroatoms. The summed E-state index contributed by atoms with van der Waals surface area (Å²) in [4.78, 5) is 34.0. The predicted molar refractivity (Wildman–Crippen MR) is 247 cm³/mol. The van der Waals surface area contributed by atoms with Crippen LogP contribution >= 0.6 is 7.82 Å². The monoisotopic (exact) mass is 854 g/mol. The third-order valence-electron chi connectivity index (χ3n) is 10.6. The number of hydrogen-bond donors (Lipinski definition) is 3. The molecule has 2 atom stereocenters. The number of rotatable bonds is 46. The normalized spacial score (nSPS) is 13.5. The van der Waals surface area contributed by atoms with Crippen LogP contribution in [-0.2, 0) is 27.9 Å². The van der Waals surface area contributed by atoms with Crippen molar-refractivity contribution in [3.63, 3.8) is 0 Å². The van der Waals surface area contributed by atoms with E-state index in [1.807, 2.05) is 0 Å². The Bertz CT molecular complexity index is 1060. The van der Waals surface area contributed by atoms with Gasteiger partial charge in [0.1, 0.15) is 12.7 Å². The van der Waals surface area contributed by atoms with Crippen LogP contribution in [0.1, 0.15) is 232 Å². The molecule has 0 aromatic rings. The molecule has 0 radical (unpaired) electrons. The molecule has 59 heavy (non-hydrogen) atoms. The maximum atomic E-state index is 12.1. The Morgan fingerprint density at radius 1 is 0.542 bits per heavy atom. The van der Waals surface area contributed by atoms with Gasteiger partial charge in [0, 0.05) is 19.4 Å². The Morgan fingerprint density at radius 2 is 0.966 bits per heavy atom. The Hall–Kier alpha value is -1.77. The molecule has 0 heterocycles. The van der Waals surface area contributed by atoms with Crippen molar-refractivity contribution in [3.05, 3.63) is 36.5 Å². The van der Waals surface area contributed by atoms with Crippen molar-refractivity contribution in [1.29, 1.82) is 0 Å². The maximum Gasteiger partial charge on any atom is 0.472 e. The largest absolute Gasteiger partial charge is 0.472 e. The molecule has 9 nitrogen and oxygen atoms in total. The topological polar surface area (TPSA) is 131 Å². The Morgan fingerprint density at radius 3 is 1.46 bits per heavy atom. The summed E-state index contributed by atoms with van der Waals surface area (Å²) >= 11 is 0. The van der Waals surface area contributed by atoms with Gasteiger partial charge in [0.15, 0.2) is 0 Å². The molecule has 346 valence electrons. The number of phosphoric acid groups is 1. The molecule has 0 aromatic carbocycles. The standard InChI is InChI=1S/C49H92NO8P/c1-3-5-7-9-11-13-15-17-19-21-22-23-24-26-28-30-32-34-36-38-40-42-49(53)56-45-47(51)46-58-59(54,55)57-44-43-50-48(52)41-39-37-35-33-31-29-27-25-20-18-16-14-12-10-8-6-4-2/h6,8,12,14,18,20,47,51H,3-5,7,9-11,13,15-17,19,21-46H2,1-2H3,(H,50,52)(H,54,55)/b8-6-,14-12-,20-18-. The van der Waals surface area contributed by atoms with E-state index in [4.69, 9.17) is 13.8 Å². The van der Waals surface area contributed by atoms with Crippen LogP contribution in [0, 0.1) is 0 Å². The van der Waals surface area contributed by atoms with Gasteiger partial charge >= 0.3 is 13.8 Å². The summed E-state index contributed by atoms with van der Waals surface area (Å²) in [7, 11) is -4.42. The number of unbranched alkanes of at least 4 members (excludes halogenated alkanes) is 27. The second-order valence-electron chi connectivity index (χ2n) is 16.4. The van der Waals surface area contributed by atoms with Gasteiger partial charge in [-0.05, 0) is 44.9 Å². The van der Waals surface area contributed by atoms with Crippen molar-refractivity contribution >= 4 is 19.7 Å². The number of amides is 1. The molecule has 2 unspecified atom stereocenters. The minimum atomic E-state index is -4.42. The van der Waals surface area contributed by atoms with Crippen LogP contribution in [-0.4, -0.2) is 54.3 Å². The Balaban J connectivity index is 3.55. The van der Waals surface area contributed by atoms with Crippen LogP contribution in [0.2, 0.25) is 0 Å². The van der Waals surface area contributed by atoms with Crippen LogP contribution < -0.4 is 5.32 Å². The minimum absolute atomic E-state index is 0.0769. The second-order valence-corrected chi connectivity index (χ2v) is 17.9. The number of ether oxygens (including phenoxy) is 1. The van der Waals surface area contributed by atoms with Crippen LogP contribution in [0.15, 0.2) is 36.5 Å². The lowest BCUT2D eigenvalue weighted by Crippen LogP contribution is -2.27. The predicted octanol–water partition coefficient (Wildman–Crippen LogP) is 14.1. The van der Waals surface area contributed by atoms with E-state index >= 15 is 0 Å². The summed E-state index contributed by atoms with van der Waals surface area (Å²) in [5.74, 6) is -0.519. The highest BCUT2D eigenvalue weighted by atomic mass is 31.2. The third kappa shape index (κ3) is 47.1. The first kappa shape index (κ1) is 57.2. The highest BCUT2D eigenvalue weighted by Gasteiger charge is 2.23. The maximum absolute atomic E-state index is 12.1. The smallest absolute Gasteiger partial charge is 0.463 e. The number of aliphatic hydroxyl groups excluding tert-OH is 1. The van der Waals surface area contributed by atoms with Crippen molar-refractivity contribution in [2.75, 3.05) is 26.4 Å². The van der Waals surface area contributed by atoms with Gasteiger partial charge in [-0.15, -0.1) is 0 Å². The molecule has 1 amide bonds. The molecule has 0 aromatic heterocycles. The summed E-state index contributed by atoms with van der Waals surface area (Å²) in [6.07, 6.45) is 52.2. The number of esters is 1. The fourth-order valence-corrected chi connectivity index (χ4v) is 7.68. The number of hydrogen-bond acceptors (Lipinski definition) is 7. The molecule has 3 N–H and O–H groups in total. The molecule has 0 rings (SSSR count). The van der Waals surface area contributed by atoms with Gasteiger partial charge in [-0.2, -0.15) is 0 Å². The number of carbonyl (C=O) groups is 2. The van der Waals surface area contributed by atoms with Crippen molar-refractivity contribution in [1.82, 2.24) is 5.32 Å². The zero-order valence-electron chi connectivity index (χ0n) is 38.2. The summed E-state index contributed by atoms with van der Waals surface area (Å²) in [6.45, 7) is 3.47. The molecular formula is C49H92NO8P. The first-order chi connectivity index (χ1) is 28.8. The number of allylic oxidation sites excluding steroid dienone is 6. The Labute approximate surface area is 363 Å². The number of aliphatic hydroxyl groups is 1. The summed E-state index contributed by atoms with van der Waals surface area (Å²) in [6, 6.07) is 0. The van der Waals surface area contributed by atoms with E-state index in [9.17, 15) is 24.2 Å². The van der Waals surface area contributed by atoms with Crippen LogP contribution in [0.5, 0.6) is 0 Å². The first-order valence-electron chi connectivity index (χ1n) is 24.5. The lowest BCUT2D eigenvalue weighted by atomic mass is 10.0. The molecule has 0 fully saturated rings.